The number of carbonyl (C=O) groups excluding carboxylic acids is 1. The lowest BCUT2D eigenvalue weighted by Crippen LogP contribution is -2.49. The van der Waals surface area contributed by atoms with Crippen molar-refractivity contribution in [3.63, 3.8) is 0 Å². The molecule has 0 radical (unpaired) electrons. The molecule has 3 atom stereocenters. The Bertz CT molecular complexity index is 397. The Labute approximate surface area is 119 Å². The minimum atomic E-state index is -0.819. The average Bonchev–Trinajstić information content (AvgIpc) is 2.70. The zero-order valence-electron chi connectivity index (χ0n) is 12.4. The zero-order chi connectivity index (χ0) is 14.9. The van der Waals surface area contributed by atoms with Gasteiger partial charge in [-0.05, 0) is 32.6 Å². The fourth-order valence-electron chi connectivity index (χ4n) is 3.08. The smallest absolute Gasteiger partial charge is 0.317 e. The summed E-state index contributed by atoms with van der Waals surface area (Å²) in [7, 11) is 0. The second kappa shape index (κ2) is 5.60. The predicted octanol–water partition coefficient (Wildman–Crippen LogP) is 1.31. The molecule has 114 valence electrons. The topological polar surface area (TPSA) is 78.9 Å². The van der Waals surface area contributed by atoms with Gasteiger partial charge in [-0.15, -0.1) is 0 Å². The van der Waals surface area contributed by atoms with Crippen molar-refractivity contribution in [2.75, 3.05) is 19.7 Å². The van der Waals surface area contributed by atoms with Crippen molar-refractivity contribution < 1.29 is 19.4 Å². The van der Waals surface area contributed by atoms with Crippen molar-refractivity contribution >= 4 is 12.0 Å². The molecule has 2 fully saturated rings. The summed E-state index contributed by atoms with van der Waals surface area (Å²) in [5.41, 5.74) is -0.210. The van der Waals surface area contributed by atoms with E-state index in [4.69, 9.17) is 9.84 Å². The van der Waals surface area contributed by atoms with Crippen molar-refractivity contribution in [1.29, 1.82) is 0 Å². The standard InChI is InChI=1S/C14H24N2O4/c1-9-7-16(8-11(9)12(17)18)13(19)15-10-4-5-20-14(2,3)6-10/h9-11H,4-8H2,1-3H3,(H,15,19)(H,17,18)/t9-,10?,11-/m1/s1. The molecule has 2 rings (SSSR count). The first kappa shape index (κ1) is 15.1. The molecule has 2 saturated heterocycles. The third-order valence-electron chi connectivity index (χ3n) is 4.24. The molecule has 0 aliphatic carbocycles. The summed E-state index contributed by atoms with van der Waals surface area (Å²) in [6.45, 7) is 7.37. The highest BCUT2D eigenvalue weighted by Gasteiger charge is 2.38. The molecule has 0 aromatic rings. The molecule has 0 aromatic heterocycles. The molecule has 0 aromatic carbocycles. The van der Waals surface area contributed by atoms with Gasteiger partial charge in [0.05, 0.1) is 11.5 Å². The Morgan fingerprint density at radius 3 is 2.60 bits per heavy atom. The van der Waals surface area contributed by atoms with Gasteiger partial charge in [-0.3, -0.25) is 4.79 Å². The number of carboxylic acid groups (broad SMARTS) is 1. The molecule has 20 heavy (non-hydrogen) atoms. The van der Waals surface area contributed by atoms with Crippen LogP contribution in [-0.4, -0.2) is 53.3 Å². The molecule has 0 bridgehead atoms. The summed E-state index contributed by atoms with van der Waals surface area (Å²) in [4.78, 5) is 24.9. The van der Waals surface area contributed by atoms with E-state index in [0.717, 1.165) is 12.8 Å². The third kappa shape index (κ3) is 3.42. The number of aliphatic carboxylic acids is 1. The SMILES string of the molecule is C[C@@H]1CN(C(=O)NC2CCOC(C)(C)C2)C[C@H]1C(=O)O. The van der Waals surface area contributed by atoms with E-state index in [1.54, 1.807) is 4.90 Å². The fraction of sp³-hybridized carbons (Fsp3) is 0.857. The van der Waals surface area contributed by atoms with E-state index in [1.165, 1.54) is 0 Å². The van der Waals surface area contributed by atoms with Crippen molar-refractivity contribution in [3.8, 4) is 0 Å². The first-order chi connectivity index (χ1) is 9.28. The molecule has 2 N–H and O–H groups in total. The lowest BCUT2D eigenvalue weighted by molar-refractivity contribution is -0.142. The summed E-state index contributed by atoms with van der Waals surface area (Å²) in [5, 5.41) is 12.1. The molecule has 0 spiro atoms. The number of amides is 2. The van der Waals surface area contributed by atoms with Crippen LogP contribution in [0.2, 0.25) is 0 Å². The van der Waals surface area contributed by atoms with E-state index in [9.17, 15) is 9.59 Å². The first-order valence-electron chi connectivity index (χ1n) is 7.21. The summed E-state index contributed by atoms with van der Waals surface area (Å²) in [6, 6.07) is -0.0475. The minimum absolute atomic E-state index is 0.00406. The Balaban J connectivity index is 1.88. The molecule has 0 saturated carbocycles. The first-order valence-corrected chi connectivity index (χ1v) is 7.21. The number of nitrogens with zero attached hydrogens (tertiary/aromatic N) is 1. The van der Waals surface area contributed by atoms with E-state index < -0.39 is 11.9 Å². The van der Waals surface area contributed by atoms with Gasteiger partial charge in [0.15, 0.2) is 0 Å². The highest BCUT2D eigenvalue weighted by atomic mass is 16.5. The van der Waals surface area contributed by atoms with Crippen LogP contribution in [0, 0.1) is 11.8 Å². The Morgan fingerprint density at radius 1 is 1.35 bits per heavy atom. The second-order valence-corrected chi connectivity index (χ2v) is 6.57. The van der Waals surface area contributed by atoms with Gasteiger partial charge in [0, 0.05) is 25.7 Å². The van der Waals surface area contributed by atoms with Gasteiger partial charge in [0.2, 0.25) is 0 Å². The predicted molar refractivity (Wildman–Crippen MR) is 73.4 cm³/mol. The maximum atomic E-state index is 12.2. The van der Waals surface area contributed by atoms with Gasteiger partial charge < -0.3 is 20.1 Å². The van der Waals surface area contributed by atoms with E-state index in [2.05, 4.69) is 5.32 Å². The Hall–Kier alpha value is -1.30. The second-order valence-electron chi connectivity index (χ2n) is 6.57. The van der Waals surface area contributed by atoms with Crippen LogP contribution in [0.1, 0.15) is 33.6 Å². The maximum Gasteiger partial charge on any atom is 0.317 e. The number of likely N-dealkylation sites (tertiary alicyclic amines) is 1. The Kier molecular flexibility index (Phi) is 4.22. The van der Waals surface area contributed by atoms with Crippen LogP contribution in [0.5, 0.6) is 0 Å². The van der Waals surface area contributed by atoms with Crippen molar-refractivity contribution in [2.24, 2.45) is 11.8 Å². The molecule has 6 heteroatoms. The van der Waals surface area contributed by atoms with E-state index >= 15 is 0 Å². The summed E-state index contributed by atoms with van der Waals surface area (Å²) in [5.74, 6) is -1.27. The van der Waals surface area contributed by atoms with Crippen LogP contribution in [-0.2, 0) is 9.53 Å². The quantitative estimate of drug-likeness (QED) is 0.801. The molecular formula is C14H24N2O4. The van der Waals surface area contributed by atoms with Gasteiger partial charge in [-0.25, -0.2) is 4.79 Å². The van der Waals surface area contributed by atoms with Crippen molar-refractivity contribution in [2.45, 2.75) is 45.3 Å². The number of rotatable bonds is 2. The van der Waals surface area contributed by atoms with Gasteiger partial charge in [0.1, 0.15) is 0 Å². The monoisotopic (exact) mass is 284 g/mol. The number of carboxylic acids is 1. The Morgan fingerprint density at radius 2 is 2.05 bits per heavy atom. The van der Waals surface area contributed by atoms with Crippen molar-refractivity contribution in [1.82, 2.24) is 10.2 Å². The molecule has 2 amide bonds. The average molecular weight is 284 g/mol. The van der Waals surface area contributed by atoms with Crippen molar-refractivity contribution in [3.05, 3.63) is 0 Å². The molecular weight excluding hydrogens is 260 g/mol. The van der Waals surface area contributed by atoms with Crippen LogP contribution in [0.3, 0.4) is 0 Å². The lowest BCUT2D eigenvalue weighted by atomic mass is 9.94. The van der Waals surface area contributed by atoms with E-state index in [0.29, 0.717) is 19.7 Å². The normalized spacial score (nSPS) is 33.0. The highest BCUT2D eigenvalue weighted by molar-refractivity contribution is 5.77. The van der Waals surface area contributed by atoms with E-state index in [1.807, 2.05) is 20.8 Å². The molecule has 1 unspecified atom stereocenters. The number of urea groups is 1. The number of nitrogens with one attached hydrogen (secondary N) is 1. The fourth-order valence-corrected chi connectivity index (χ4v) is 3.08. The van der Waals surface area contributed by atoms with Crippen LogP contribution in [0.25, 0.3) is 0 Å². The number of carbonyl (C=O) groups is 2. The van der Waals surface area contributed by atoms with Crippen LogP contribution >= 0.6 is 0 Å². The molecule has 6 nitrogen and oxygen atoms in total. The van der Waals surface area contributed by atoms with Crippen LogP contribution in [0.15, 0.2) is 0 Å². The minimum Gasteiger partial charge on any atom is -0.481 e. The highest BCUT2D eigenvalue weighted by Crippen LogP contribution is 2.26. The zero-order valence-corrected chi connectivity index (χ0v) is 12.4. The van der Waals surface area contributed by atoms with Crippen LogP contribution < -0.4 is 5.32 Å². The van der Waals surface area contributed by atoms with E-state index in [-0.39, 0.29) is 23.6 Å². The maximum absolute atomic E-state index is 12.2. The number of hydrogen-bond donors (Lipinski definition) is 2. The summed E-state index contributed by atoms with van der Waals surface area (Å²) < 4.78 is 5.63. The van der Waals surface area contributed by atoms with Gasteiger partial charge in [-0.2, -0.15) is 0 Å². The largest absolute Gasteiger partial charge is 0.481 e. The van der Waals surface area contributed by atoms with Gasteiger partial charge in [0.25, 0.3) is 0 Å². The van der Waals surface area contributed by atoms with Gasteiger partial charge in [-0.1, -0.05) is 6.92 Å². The summed E-state index contributed by atoms with van der Waals surface area (Å²) in [6.07, 6.45) is 1.59. The molecule has 2 heterocycles. The number of ether oxygens (including phenoxy) is 1. The lowest BCUT2D eigenvalue weighted by Gasteiger charge is -2.36. The molecule has 2 aliphatic rings. The number of hydrogen-bond acceptors (Lipinski definition) is 3. The van der Waals surface area contributed by atoms with Crippen LogP contribution in [0.4, 0.5) is 4.79 Å². The third-order valence-corrected chi connectivity index (χ3v) is 4.24. The molecule has 2 aliphatic heterocycles. The summed E-state index contributed by atoms with van der Waals surface area (Å²) >= 11 is 0. The van der Waals surface area contributed by atoms with Gasteiger partial charge >= 0.3 is 12.0 Å².